The maximum absolute atomic E-state index is 12.4. The van der Waals surface area contributed by atoms with Gasteiger partial charge in [-0.1, -0.05) is 35.0 Å². The Bertz CT molecular complexity index is 535. The van der Waals surface area contributed by atoms with Crippen LogP contribution in [0, 0.1) is 5.92 Å². The van der Waals surface area contributed by atoms with Gasteiger partial charge in [-0.25, -0.2) is 4.79 Å². The number of rotatable bonds is 8. The maximum atomic E-state index is 12.4. The van der Waals surface area contributed by atoms with E-state index in [-0.39, 0.29) is 18.4 Å². The number of nitrogens with one attached hydrogen (secondary N) is 1. The molecule has 122 valence electrons. The molecular formula is C16H22BrNO4. The summed E-state index contributed by atoms with van der Waals surface area (Å²) in [5.41, 5.74) is -0.392. The van der Waals surface area contributed by atoms with Crippen LogP contribution >= 0.6 is 15.9 Å². The Hall–Kier alpha value is -1.40. The summed E-state index contributed by atoms with van der Waals surface area (Å²) in [4.78, 5) is 23.8. The van der Waals surface area contributed by atoms with E-state index in [4.69, 9.17) is 4.74 Å². The fraction of sp³-hybridized carbons (Fsp3) is 0.500. The predicted molar refractivity (Wildman–Crippen MR) is 87.7 cm³/mol. The molecule has 1 rings (SSSR count). The van der Waals surface area contributed by atoms with E-state index in [2.05, 4.69) is 21.2 Å². The second kappa shape index (κ2) is 8.29. The first kappa shape index (κ1) is 18.6. The van der Waals surface area contributed by atoms with E-state index in [1.807, 2.05) is 31.2 Å². The highest BCUT2D eigenvalue weighted by molar-refractivity contribution is 9.10. The fourth-order valence-electron chi connectivity index (χ4n) is 2.18. The summed E-state index contributed by atoms with van der Waals surface area (Å²) in [5, 5.41) is 11.9. The molecular weight excluding hydrogens is 350 g/mol. The van der Waals surface area contributed by atoms with E-state index in [9.17, 15) is 14.7 Å². The molecule has 0 aliphatic heterocycles. The highest BCUT2D eigenvalue weighted by Gasteiger charge is 2.36. The van der Waals surface area contributed by atoms with E-state index in [1.54, 1.807) is 0 Å². The highest BCUT2D eigenvalue weighted by atomic mass is 79.9. The van der Waals surface area contributed by atoms with Crippen molar-refractivity contribution in [1.29, 1.82) is 0 Å². The monoisotopic (exact) mass is 371 g/mol. The van der Waals surface area contributed by atoms with Crippen molar-refractivity contribution in [1.82, 2.24) is 5.32 Å². The van der Waals surface area contributed by atoms with Crippen molar-refractivity contribution in [3.05, 3.63) is 34.3 Å². The van der Waals surface area contributed by atoms with Gasteiger partial charge in [0.15, 0.2) is 5.54 Å². The second-order valence-electron chi connectivity index (χ2n) is 5.50. The van der Waals surface area contributed by atoms with Gasteiger partial charge in [0.2, 0.25) is 5.91 Å². The van der Waals surface area contributed by atoms with Gasteiger partial charge in [-0.2, -0.15) is 0 Å². The normalized spacial score (nSPS) is 14.9. The summed E-state index contributed by atoms with van der Waals surface area (Å²) in [5.74, 6) is -1.67. The molecule has 0 fully saturated rings. The Balaban J connectivity index is 2.81. The van der Waals surface area contributed by atoms with Crippen LogP contribution < -0.4 is 5.32 Å². The lowest BCUT2D eigenvalue weighted by Gasteiger charge is -2.27. The Kier molecular flexibility index (Phi) is 7.03. The molecule has 22 heavy (non-hydrogen) atoms. The Morgan fingerprint density at radius 2 is 2.14 bits per heavy atom. The number of carboxylic acids is 1. The van der Waals surface area contributed by atoms with Crippen LogP contribution in [0.1, 0.15) is 25.8 Å². The Morgan fingerprint density at radius 3 is 2.64 bits per heavy atom. The SMILES string of the molecule is CCC(Cc1cccc(Br)c1)C(=O)NC(C)(COC)C(=O)O. The zero-order valence-corrected chi connectivity index (χ0v) is 14.6. The molecule has 2 unspecified atom stereocenters. The van der Waals surface area contributed by atoms with Gasteiger partial charge in [0.1, 0.15) is 0 Å². The van der Waals surface area contributed by atoms with Crippen LogP contribution in [0.5, 0.6) is 0 Å². The fourth-order valence-corrected chi connectivity index (χ4v) is 2.63. The van der Waals surface area contributed by atoms with Crippen LogP contribution in [0.25, 0.3) is 0 Å². The minimum atomic E-state index is -1.42. The number of aliphatic carboxylic acids is 1. The van der Waals surface area contributed by atoms with Gasteiger partial charge < -0.3 is 15.2 Å². The molecule has 6 heteroatoms. The number of hydrogen-bond donors (Lipinski definition) is 2. The summed E-state index contributed by atoms with van der Waals surface area (Å²) < 4.78 is 5.87. The van der Waals surface area contributed by atoms with Crippen molar-refractivity contribution >= 4 is 27.8 Å². The van der Waals surface area contributed by atoms with E-state index in [0.29, 0.717) is 12.8 Å². The molecule has 2 N–H and O–H groups in total. The summed E-state index contributed by atoms with van der Waals surface area (Å²) >= 11 is 3.40. The third-order valence-corrected chi connectivity index (χ3v) is 4.03. The number of methoxy groups -OCH3 is 1. The molecule has 0 heterocycles. The molecule has 0 aromatic heterocycles. The molecule has 5 nitrogen and oxygen atoms in total. The lowest BCUT2D eigenvalue weighted by molar-refractivity contribution is -0.150. The molecule has 0 spiro atoms. The number of benzene rings is 1. The maximum Gasteiger partial charge on any atom is 0.331 e. The number of amides is 1. The molecule has 0 saturated carbocycles. The average Bonchev–Trinajstić information content (AvgIpc) is 2.44. The van der Waals surface area contributed by atoms with Gasteiger partial charge in [-0.15, -0.1) is 0 Å². The standard InChI is InChI=1S/C16H22BrNO4/c1-4-12(8-11-6-5-7-13(17)9-11)14(19)18-16(2,10-22-3)15(20)21/h5-7,9,12H,4,8,10H2,1-3H3,(H,18,19)(H,20,21). The highest BCUT2D eigenvalue weighted by Crippen LogP contribution is 2.18. The minimum Gasteiger partial charge on any atom is -0.479 e. The molecule has 0 bridgehead atoms. The Labute approximate surface area is 139 Å². The van der Waals surface area contributed by atoms with E-state index in [1.165, 1.54) is 14.0 Å². The van der Waals surface area contributed by atoms with Crippen molar-refractivity contribution < 1.29 is 19.4 Å². The van der Waals surface area contributed by atoms with E-state index >= 15 is 0 Å². The molecule has 1 amide bonds. The first-order valence-corrected chi connectivity index (χ1v) is 7.90. The van der Waals surface area contributed by atoms with Gasteiger partial charge >= 0.3 is 5.97 Å². The average molecular weight is 372 g/mol. The van der Waals surface area contributed by atoms with Gasteiger partial charge in [-0.3, -0.25) is 4.79 Å². The Morgan fingerprint density at radius 1 is 1.45 bits per heavy atom. The number of hydrogen-bond acceptors (Lipinski definition) is 3. The van der Waals surface area contributed by atoms with Crippen LogP contribution in [-0.4, -0.2) is 36.2 Å². The lowest BCUT2D eigenvalue weighted by atomic mass is 9.94. The van der Waals surface area contributed by atoms with Crippen LogP contribution in [0.3, 0.4) is 0 Å². The largest absolute Gasteiger partial charge is 0.479 e. The second-order valence-corrected chi connectivity index (χ2v) is 6.41. The minimum absolute atomic E-state index is 0.0820. The van der Waals surface area contributed by atoms with Crippen LogP contribution in [-0.2, 0) is 20.7 Å². The topological polar surface area (TPSA) is 75.6 Å². The van der Waals surface area contributed by atoms with Gasteiger partial charge in [0.25, 0.3) is 0 Å². The van der Waals surface area contributed by atoms with Gasteiger partial charge in [-0.05, 0) is 37.5 Å². The zero-order chi connectivity index (χ0) is 16.8. The molecule has 1 aromatic carbocycles. The molecule has 0 saturated heterocycles. The summed E-state index contributed by atoms with van der Waals surface area (Å²) in [7, 11) is 1.41. The smallest absolute Gasteiger partial charge is 0.331 e. The molecule has 0 radical (unpaired) electrons. The van der Waals surface area contributed by atoms with Gasteiger partial charge in [0, 0.05) is 17.5 Å². The number of halogens is 1. The first-order valence-electron chi connectivity index (χ1n) is 7.11. The van der Waals surface area contributed by atoms with E-state index < -0.39 is 11.5 Å². The molecule has 1 aromatic rings. The molecule has 2 atom stereocenters. The molecule has 0 aliphatic carbocycles. The third kappa shape index (κ3) is 5.10. The summed E-state index contributed by atoms with van der Waals surface area (Å²) in [6.45, 7) is 3.28. The van der Waals surface area contributed by atoms with Crippen molar-refractivity contribution in [3.8, 4) is 0 Å². The predicted octanol–water partition coefficient (Wildman–Crippen LogP) is 2.62. The zero-order valence-electron chi connectivity index (χ0n) is 13.1. The third-order valence-electron chi connectivity index (χ3n) is 3.54. The van der Waals surface area contributed by atoms with Crippen LogP contribution in [0.15, 0.2) is 28.7 Å². The number of carboxylic acid groups (broad SMARTS) is 1. The van der Waals surface area contributed by atoms with Crippen molar-refractivity contribution in [2.75, 3.05) is 13.7 Å². The quantitative estimate of drug-likeness (QED) is 0.736. The lowest BCUT2D eigenvalue weighted by Crippen LogP contribution is -2.56. The van der Waals surface area contributed by atoms with E-state index in [0.717, 1.165) is 10.0 Å². The van der Waals surface area contributed by atoms with Crippen molar-refractivity contribution in [3.63, 3.8) is 0 Å². The van der Waals surface area contributed by atoms with Crippen molar-refractivity contribution in [2.24, 2.45) is 5.92 Å². The number of carbonyl (C=O) groups excluding carboxylic acids is 1. The van der Waals surface area contributed by atoms with Gasteiger partial charge in [0.05, 0.1) is 6.61 Å². The number of ether oxygens (including phenoxy) is 1. The summed E-state index contributed by atoms with van der Waals surface area (Å²) in [6, 6.07) is 7.74. The van der Waals surface area contributed by atoms with Crippen LogP contribution in [0.4, 0.5) is 0 Å². The number of carbonyl (C=O) groups is 2. The first-order chi connectivity index (χ1) is 10.3. The molecule has 0 aliphatic rings. The van der Waals surface area contributed by atoms with Crippen molar-refractivity contribution in [2.45, 2.75) is 32.2 Å². The summed E-state index contributed by atoms with van der Waals surface area (Å²) in [6.07, 6.45) is 1.19. The van der Waals surface area contributed by atoms with Crippen LogP contribution in [0.2, 0.25) is 0 Å².